The normalized spacial score (nSPS) is 10.4. The quantitative estimate of drug-likeness (QED) is 0.691. The van der Waals surface area contributed by atoms with Gasteiger partial charge in [0.2, 0.25) is 0 Å². The third-order valence-electron chi connectivity index (χ3n) is 3.14. The van der Waals surface area contributed by atoms with E-state index in [2.05, 4.69) is 15.2 Å². The van der Waals surface area contributed by atoms with Crippen LogP contribution in [0, 0.1) is 0 Å². The fourth-order valence-corrected chi connectivity index (χ4v) is 2.22. The van der Waals surface area contributed by atoms with Gasteiger partial charge in [0.25, 0.3) is 0 Å². The summed E-state index contributed by atoms with van der Waals surface area (Å²) in [6.07, 6.45) is 1.89. The number of pyridine rings is 1. The van der Waals surface area contributed by atoms with Crippen LogP contribution in [0.3, 0.4) is 0 Å². The monoisotopic (exact) mass is 309 g/mol. The molecule has 0 unspecified atom stereocenters. The van der Waals surface area contributed by atoms with Crippen molar-refractivity contribution >= 4 is 17.4 Å². The zero-order valence-corrected chi connectivity index (χ0v) is 12.4. The maximum Gasteiger partial charge on any atom is 0.168 e. The van der Waals surface area contributed by atoms with E-state index in [-0.39, 0.29) is 12.2 Å². The highest BCUT2D eigenvalue weighted by atomic mass is 35.5. The van der Waals surface area contributed by atoms with Crippen molar-refractivity contribution in [1.29, 1.82) is 0 Å². The summed E-state index contributed by atoms with van der Waals surface area (Å²) in [6.45, 7) is 0. The molecular weight excluding hydrogens is 298 g/mol. The van der Waals surface area contributed by atoms with E-state index >= 15 is 0 Å². The number of nitrogens with zero attached hydrogens (tertiary/aromatic N) is 3. The average Bonchev–Trinajstić information content (AvgIpc) is 2.56. The Morgan fingerprint density at radius 3 is 2.55 bits per heavy atom. The summed E-state index contributed by atoms with van der Waals surface area (Å²) in [4.78, 5) is 16.4. The molecule has 1 aromatic carbocycles. The SMILES string of the molecule is O=C(Cc1ccc(-c2ccccn2)nn1)c1cccc(Cl)c1. The second-order valence-corrected chi connectivity index (χ2v) is 5.17. The van der Waals surface area contributed by atoms with Crippen LogP contribution in [0.15, 0.2) is 60.8 Å². The number of aromatic nitrogens is 3. The molecule has 0 atom stereocenters. The first-order valence-electron chi connectivity index (χ1n) is 6.75. The summed E-state index contributed by atoms with van der Waals surface area (Å²) >= 11 is 5.89. The Kier molecular flexibility index (Phi) is 4.21. The van der Waals surface area contributed by atoms with Gasteiger partial charge >= 0.3 is 0 Å². The van der Waals surface area contributed by atoms with Gasteiger partial charge in [-0.1, -0.05) is 29.8 Å². The number of rotatable bonds is 4. The highest BCUT2D eigenvalue weighted by molar-refractivity contribution is 6.31. The van der Waals surface area contributed by atoms with Crippen LogP contribution in [-0.4, -0.2) is 21.0 Å². The van der Waals surface area contributed by atoms with E-state index in [4.69, 9.17) is 11.6 Å². The van der Waals surface area contributed by atoms with Gasteiger partial charge in [0.15, 0.2) is 5.78 Å². The lowest BCUT2D eigenvalue weighted by atomic mass is 10.1. The Bertz CT molecular complexity index is 789. The number of benzene rings is 1. The standard InChI is InChI=1S/C17H12ClN3O/c18-13-5-3-4-12(10-13)17(22)11-14-7-8-16(21-20-14)15-6-1-2-9-19-15/h1-10H,11H2. The number of halogens is 1. The van der Waals surface area contributed by atoms with E-state index in [0.717, 1.165) is 5.69 Å². The van der Waals surface area contributed by atoms with Crippen LogP contribution >= 0.6 is 11.6 Å². The lowest BCUT2D eigenvalue weighted by Crippen LogP contribution is -2.06. The lowest BCUT2D eigenvalue weighted by molar-refractivity contribution is 0.0991. The number of hydrogen-bond donors (Lipinski definition) is 0. The van der Waals surface area contributed by atoms with Gasteiger partial charge < -0.3 is 0 Å². The first kappa shape index (κ1) is 14.4. The lowest BCUT2D eigenvalue weighted by Gasteiger charge is -2.02. The van der Waals surface area contributed by atoms with E-state index < -0.39 is 0 Å². The predicted octanol–water partition coefficient (Wildman–Crippen LogP) is 3.62. The van der Waals surface area contributed by atoms with E-state index in [1.54, 1.807) is 36.5 Å². The van der Waals surface area contributed by atoms with Crippen molar-refractivity contribution in [2.24, 2.45) is 0 Å². The van der Waals surface area contributed by atoms with Crippen molar-refractivity contribution < 1.29 is 4.79 Å². The summed E-state index contributed by atoms with van der Waals surface area (Å²) in [6, 6.07) is 16.1. The molecule has 0 radical (unpaired) electrons. The van der Waals surface area contributed by atoms with E-state index in [1.807, 2.05) is 24.3 Å². The molecular formula is C17H12ClN3O. The molecule has 2 aromatic heterocycles. The predicted molar refractivity (Wildman–Crippen MR) is 84.7 cm³/mol. The minimum absolute atomic E-state index is 0.0395. The van der Waals surface area contributed by atoms with Gasteiger partial charge in [-0.25, -0.2) is 0 Å². The first-order valence-corrected chi connectivity index (χ1v) is 7.13. The molecule has 3 rings (SSSR count). The molecule has 108 valence electrons. The zero-order chi connectivity index (χ0) is 15.4. The largest absolute Gasteiger partial charge is 0.294 e. The minimum atomic E-state index is -0.0395. The number of hydrogen-bond acceptors (Lipinski definition) is 4. The van der Waals surface area contributed by atoms with Crippen molar-refractivity contribution in [3.63, 3.8) is 0 Å². The molecule has 0 fully saturated rings. The topological polar surface area (TPSA) is 55.7 Å². The Morgan fingerprint density at radius 2 is 1.86 bits per heavy atom. The minimum Gasteiger partial charge on any atom is -0.294 e. The van der Waals surface area contributed by atoms with Gasteiger partial charge in [-0.15, -0.1) is 5.10 Å². The van der Waals surface area contributed by atoms with E-state index in [9.17, 15) is 4.79 Å². The summed E-state index contributed by atoms with van der Waals surface area (Å²) < 4.78 is 0. The van der Waals surface area contributed by atoms with Crippen LogP contribution in [0.25, 0.3) is 11.4 Å². The van der Waals surface area contributed by atoms with Gasteiger partial charge in [0.05, 0.1) is 17.8 Å². The molecule has 0 amide bonds. The van der Waals surface area contributed by atoms with Crippen molar-refractivity contribution in [3.05, 3.63) is 77.1 Å². The Hall–Kier alpha value is -2.59. The van der Waals surface area contributed by atoms with Crippen LogP contribution in [0.4, 0.5) is 0 Å². The van der Waals surface area contributed by atoms with Gasteiger partial charge in [0.1, 0.15) is 5.69 Å². The molecule has 0 aliphatic carbocycles. The molecule has 0 aliphatic heterocycles. The summed E-state index contributed by atoms with van der Waals surface area (Å²) in [7, 11) is 0. The molecule has 0 saturated heterocycles. The smallest absolute Gasteiger partial charge is 0.168 e. The second kappa shape index (κ2) is 6.45. The van der Waals surface area contributed by atoms with Crippen LogP contribution in [0.5, 0.6) is 0 Å². The van der Waals surface area contributed by atoms with Gasteiger partial charge in [-0.05, 0) is 36.4 Å². The number of carbonyl (C=O) groups is 1. The number of ketones is 1. The van der Waals surface area contributed by atoms with Crippen molar-refractivity contribution in [3.8, 4) is 11.4 Å². The molecule has 22 heavy (non-hydrogen) atoms. The van der Waals surface area contributed by atoms with Crippen LogP contribution < -0.4 is 0 Å². The molecule has 0 spiro atoms. The average molecular weight is 310 g/mol. The molecule has 0 bridgehead atoms. The highest BCUT2D eigenvalue weighted by Crippen LogP contribution is 2.15. The molecule has 2 heterocycles. The van der Waals surface area contributed by atoms with Crippen molar-refractivity contribution in [2.75, 3.05) is 0 Å². The van der Waals surface area contributed by atoms with Crippen molar-refractivity contribution in [2.45, 2.75) is 6.42 Å². The maximum atomic E-state index is 12.2. The van der Waals surface area contributed by atoms with E-state index in [1.165, 1.54) is 0 Å². The number of Topliss-reactive ketones (excluding diaryl/α,β-unsaturated/α-hetero) is 1. The molecule has 3 aromatic rings. The van der Waals surface area contributed by atoms with E-state index in [0.29, 0.717) is 22.0 Å². The highest BCUT2D eigenvalue weighted by Gasteiger charge is 2.09. The Balaban J connectivity index is 1.75. The van der Waals surface area contributed by atoms with Crippen LogP contribution in [0.1, 0.15) is 16.1 Å². The third kappa shape index (κ3) is 3.35. The summed E-state index contributed by atoms with van der Waals surface area (Å²) in [5.41, 5.74) is 2.62. The Labute approximate surface area is 132 Å². The van der Waals surface area contributed by atoms with Gasteiger partial charge in [-0.3, -0.25) is 9.78 Å². The zero-order valence-electron chi connectivity index (χ0n) is 11.6. The third-order valence-corrected chi connectivity index (χ3v) is 3.37. The summed E-state index contributed by atoms with van der Waals surface area (Å²) in [5, 5.41) is 8.77. The maximum absolute atomic E-state index is 12.2. The molecule has 0 N–H and O–H groups in total. The first-order chi connectivity index (χ1) is 10.7. The van der Waals surface area contributed by atoms with Crippen LogP contribution in [0.2, 0.25) is 5.02 Å². The number of carbonyl (C=O) groups excluding carboxylic acids is 1. The van der Waals surface area contributed by atoms with Crippen molar-refractivity contribution in [1.82, 2.24) is 15.2 Å². The molecule has 0 aliphatic rings. The molecule has 4 nitrogen and oxygen atoms in total. The second-order valence-electron chi connectivity index (χ2n) is 4.74. The van der Waals surface area contributed by atoms with Crippen LogP contribution in [-0.2, 0) is 6.42 Å². The molecule has 5 heteroatoms. The van der Waals surface area contributed by atoms with Gasteiger partial charge in [0, 0.05) is 16.8 Å². The van der Waals surface area contributed by atoms with Gasteiger partial charge in [-0.2, -0.15) is 5.10 Å². The summed E-state index contributed by atoms with van der Waals surface area (Å²) in [5.74, 6) is -0.0395. The Morgan fingerprint density at radius 1 is 0.955 bits per heavy atom. The fourth-order valence-electron chi connectivity index (χ4n) is 2.03. The molecule has 0 saturated carbocycles. The fraction of sp³-hybridized carbons (Fsp3) is 0.0588.